The van der Waals surface area contributed by atoms with Gasteiger partial charge in [-0.15, -0.1) is 0 Å². The Kier molecular flexibility index (Phi) is 6.46. The molecule has 28 heavy (non-hydrogen) atoms. The molecule has 1 nitrogen and oxygen atoms in total. The molecule has 0 aromatic heterocycles. The van der Waals surface area contributed by atoms with Crippen LogP contribution in [-0.2, 0) is 0 Å². The second-order valence-electron chi connectivity index (χ2n) is 7.16. The minimum absolute atomic E-state index is 0.0892. The Morgan fingerprint density at radius 2 is 1.82 bits per heavy atom. The molecular weight excluding hydrogens is 361 g/mol. The third kappa shape index (κ3) is 4.59. The van der Waals surface area contributed by atoms with Crippen LogP contribution in [0.15, 0.2) is 43.0 Å². The summed E-state index contributed by atoms with van der Waals surface area (Å²) in [5, 5.41) is 0. The van der Waals surface area contributed by atoms with Crippen LogP contribution >= 0.6 is 0 Å². The van der Waals surface area contributed by atoms with Gasteiger partial charge in [-0.25, -0.2) is 13.2 Å². The third-order valence-electron chi connectivity index (χ3n) is 5.19. The molecule has 2 aromatic carbocycles. The molecule has 0 heterocycles. The minimum atomic E-state index is -0.887. The maximum Gasteiger partial charge on any atom is 0.174 e. The van der Waals surface area contributed by atoms with Gasteiger partial charge in [-0.3, -0.25) is 0 Å². The van der Waals surface area contributed by atoms with Gasteiger partial charge in [-0.1, -0.05) is 36.6 Å². The molecule has 4 heteroatoms. The van der Waals surface area contributed by atoms with Crippen molar-refractivity contribution in [2.24, 2.45) is 5.92 Å². The highest BCUT2D eigenvalue weighted by Gasteiger charge is 2.23. The normalized spacial score (nSPS) is 18.9. The number of ether oxygens (including phenoxy) is 1. The molecule has 0 N–H and O–H groups in total. The Labute approximate surface area is 164 Å². The molecule has 0 atom stereocenters. The summed E-state index contributed by atoms with van der Waals surface area (Å²) in [6.45, 7) is 5.44. The first kappa shape index (κ1) is 20.1. The van der Waals surface area contributed by atoms with Crippen molar-refractivity contribution in [1.82, 2.24) is 0 Å². The highest BCUT2D eigenvalue weighted by Crippen LogP contribution is 2.37. The maximum absolute atomic E-state index is 14.4. The van der Waals surface area contributed by atoms with E-state index < -0.39 is 11.6 Å². The molecule has 0 radical (unpaired) electrons. The average Bonchev–Trinajstić information content (AvgIpc) is 2.70. The van der Waals surface area contributed by atoms with Gasteiger partial charge in [0, 0.05) is 12.0 Å². The van der Waals surface area contributed by atoms with Crippen LogP contribution in [0.2, 0.25) is 0 Å². The smallest absolute Gasteiger partial charge is 0.174 e. The van der Waals surface area contributed by atoms with Gasteiger partial charge in [-0.05, 0) is 61.8 Å². The van der Waals surface area contributed by atoms with Gasteiger partial charge in [0.2, 0.25) is 0 Å². The molecule has 0 saturated heterocycles. The average molecular weight is 384 g/mol. The highest BCUT2D eigenvalue weighted by atomic mass is 19.2. The van der Waals surface area contributed by atoms with Gasteiger partial charge in [0.05, 0.1) is 5.56 Å². The lowest BCUT2D eigenvalue weighted by molar-refractivity contribution is 0.356. The van der Waals surface area contributed by atoms with Crippen LogP contribution in [0, 0.1) is 42.1 Å². The lowest BCUT2D eigenvalue weighted by Crippen LogP contribution is -2.13. The van der Waals surface area contributed by atoms with E-state index >= 15 is 0 Å². The van der Waals surface area contributed by atoms with Crippen molar-refractivity contribution < 1.29 is 17.9 Å². The Hall–Kier alpha value is -2.67. The van der Waals surface area contributed by atoms with Crippen molar-refractivity contribution in [2.75, 3.05) is 6.61 Å². The van der Waals surface area contributed by atoms with Crippen molar-refractivity contribution in [1.29, 1.82) is 0 Å². The molecule has 1 saturated carbocycles. The van der Waals surface area contributed by atoms with Gasteiger partial charge in [-0.2, -0.15) is 0 Å². The molecule has 1 aliphatic carbocycles. The molecule has 3 rings (SSSR count). The Balaban J connectivity index is 1.63. The standard InChI is InChI=1S/C24H23F3O/c1-3-14-28-20-12-13-21(22(25)15-20)18-9-5-17(6-10-18)7-11-19-8-4-16(2)23(26)24(19)27/h3-4,8,12-13,15,17-18H,1,5-6,9-10,14H2,2H3. The summed E-state index contributed by atoms with van der Waals surface area (Å²) in [6, 6.07) is 8.03. The summed E-state index contributed by atoms with van der Waals surface area (Å²) >= 11 is 0. The van der Waals surface area contributed by atoms with Crippen LogP contribution in [0.5, 0.6) is 5.75 Å². The molecule has 1 aliphatic rings. The molecule has 1 fully saturated rings. The number of rotatable bonds is 4. The van der Waals surface area contributed by atoms with Crippen LogP contribution < -0.4 is 4.74 Å². The van der Waals surface area contributed by atoms with Gasteiger partial charge in [0.1, 0.15) is 18.2 Å². The van der Waals surface area contributed by atoms with Crippen LogP contribution in [0.3, 0.4) is 0 Å². The number of benzene rings is 2. The van der Waals surface area contributed by atoms with Gasteiger partial charge >= 0.3 is 0 Å². The fourth-order valence-corrected chi connectivity index (χ4v) is 3.55. The first-order valence-electron chi connectivity index (χ1n) is 9.49. The van der Waals surface area contributed by atoms with Crippen molar-refractivity contribution >= 4 is 0 Å². The van der Waals surface area contributed by atoms with E-state index in [1.807, 2.05) is 0 Å². The van der Waals surface area contributed by atoms with E-state index in [-0.39, 0.29) is 28.8 Å². The summed E-state index contributed by atoms with van der Waals surface area (Å²) < 4.78 is 47.4. The summed E-state index contributed by atoms with van der Waals surface area (Å²) in [7, 11) is 0. The number of halogens is 3. The predicted molar refractivity (Wildman–Crippen MR) is 105 cm³/mol. The zero-order chi connectivity index (χ0) is 20.1. The quantitative estimate of drug-likeness (QED) is 0.444. The molecule has 0 spiro atoms. The van der Waals surface area contributed by atoms with Crippen molar-refractivity contribution in [3.63, 3.8) is 0 Å². The SMILES string of the molecule is C=CCOc1ccc(C2CCC(C#Cc3ccc(C)c(F)c3F)CC2)c(F)c1. The van der Waals surface area contributed by atoms with Gasteiger partial charge in [0.25, 0.3) is 0 Å². The zero-order valence-corrected chi connectivity index (χ0v) is 15.9. The maximum atomic E-state index is 14.4. The second kappa shape index (κ2) is 9.01. The summed E-state index contributed by atoms with van der Waals surface area (Å²) in [5.74, 6) is 4.60. The van der Waals surface area contributed by atoms with Crippen LogP contribution in [-0.4, -0.2) is 6.61 Å². The molecule has 0 bridgehead atoms. The molecule has 0 unspecified atom stereocenters. The van der Waals surface area contributed by atoms with E-state index in [0.29, 0.717) is 17.9 Å². The summed E-state index contributed by atoms with van der Waals surface area (Å²) in [5.41, 5.74) is 1.06. The lowest BCUT2D eigenvalue weighted by Gasteiger charge is -2.26. The predicted octanol–water partition coefficient (Wildman–Crippen LogP) is 6.30. The van der Waals surface area contributed by atoms with Crippen molar-refractivity contribution in [3.8, 4) is 17.6 Å². The van der Waals surface area contributed by atoms with Gasteiger partial charge < -0.3 is 4.74 Å². The first-order valence-corrected chi connectivity index (χ1v) is 9.49. The second-order valence-corrected chi connectivity index (χ2v) is 7.16. The fraction of sp³-hybridized carbons (Fsp3) is 0.333. The topological polar surface area (TPSA) is 9.23 Å². The van der Waals surface area contributed by atoms with E-state index in [4.69, 9.17) is 4.74 Å². The van der Waals surface area contributed by atoms with Crippen LogP contribution in [0.1, 0.15) is 48.3 Å². The third-order valence-corrected chi connectivity index (χ3v) is 5.19. The van der Waals surface area contributed by atoms with E-state index in [1.54, 1.807) is 18.2 Å². The van der Waals surface area contributed by atoms with E-state index in [1.165, 1.54) is 25.1 Å². The molecule has 146 valence electrons. The molecule has 0 amide bonds. The monoisotopic (exact) mass is 384 g/mol. The summed E-state index contributed by atoms with van der Waals surface area (Å²) in [4.78, 5) is 0. The fourth-order valence-electron chi connectivity index (χ4n) is 3.55. The van der Waals surface area contributed by atoms with Crippen LogP contribution in [0.4, 0.5) is 13.2 Å². The van der Waals surface area contributed by atoms with Crippen molar-refractivity contribution in [2.45, 2.75) is 38.5 Å². The minimum Gasteiger partial charge on any atom is -0.489 e. The van der Waals surface area contributed by atoms with E-state index in [2.05, 4.69) is 18.4 Å². The van der Waals surface area contributed by atoms with E-state index in [0.717, 1.165) is 25.7 Å². The highest BCUT2D eigenvalue weighted by molar-refractivity contribution is 5.39. The molecular formula is C24H23F3O. The molecule has 2 aromatic rings. The number of hydrogen-bond donors (Lipinski definition) is 0. The number of hydrogen-bond acceptors (Lipinski definition) is 1. The molecule has 0 aliphatic heterocycles. The van der Waals surface area contributed by atoms with Crippen molar-refractivity contribution in [3.05, 3.63) is 77.1 Å². The first-order chi connectivity index (χ1) is 13.5. The Morgan fingerprint density at radius 1 is 1.07 bits per heavy atom. The van der Waals surface area contributed by atoms with Crippen LogP contribution in [0.25, 0.3) is 0 Å². The zero-order valence-electron chi connectivity index (χ0n) is 15.9. The van der Waals surface area contributed by atoms with E-state index in [9.17, 15) is 13.2 Å². The Morgan fingerprint density at radius 3 is 2.50 bits per heavy atom. The lowest BCUT2D eigenvalue weighted by atomic mass is 9.78. The summed E-state index contributed by atoms with van der Waals surface area (Å²) in [6.07, 6.45) is 4.86. The number of aryl methyl sites for hydroxylation is 1. The van der Waals surface area contributed by atoms with Gasteiger partial charge in [0.15, 0.2) is 11.6 Å². The largest absolute Gasteiger partial charge is 0.489 e. The Bertz CT molecular complexity index is 915.